The highest BCUT2D eigenvalue weighted by Crippen LogP contribution is 2.17. The third-order valence-electron chi connectivity index (χ3n) is 3.22. The van der Waals surface area contributed by atoms with Crippen molar-refractivity contribution in [2.24, 2.45) is 5.73 Å². The first-order valence-corrected chi connectivity index (χ1v) is 7.97. The van der Waals surface area contributed by atoms with Crippen molar-refractivity contribution in [1.82, 2.24) is 5.32 Å². The predicted molar refractivity (Wildman–Crippen MR) is 89.6 cm³/mol. The van der Waals surface area contributed by atoms with Crippen molar-refractivity contribution in [2.75, 3.05) is 13.2 Å². The lowest BCUT2D eigenvalue weighted by Gasteiger charge is -2.28. The molecule has 9 nitrogen and oxygen atoms in total. The first-order chi connectivity index (χ1) is 12.4. The zero-order valence-corrected chi connectivity index (χ0v) is 14.7. The van der Waals surface area contributed by atoms with Gasteiger partial charge in [0.05, 0.1) is 19.6 Å². The molecule has 26 heavy (non-hydrogen) atoms. The molecule has 9 heteroatoms. The number of rotatable bonds is 9. The quantitative estimate of drug-likeness (QED) is 0.372. The Bertz CT molecular complexity index is 628. The number of nitrogens with two attached hydrogens (primary N) is 1. The molecule has 1 aromatic carbocycles. The highest BCUT2D eigenvalue weighted by molar-refractivity contribution is 6.10. The van der Waals surface area contributed by atoms with E-state index in [1.807, 2.05) is 0 Å². The molecule has 0 aliphatic carbocycles. The number of nitrogens with one attached hydrogen (secondary N) is 1. The Morgan fingerprint density at radius 2 is 1.50 bits per heavy atom. The summed E-state index contributed by atoms with van der Waals surface area (Å²) >= 11 is 0. The Kier molecular flexibility index (Phi) is 8.07. The van der Waals surface area contributed by atoms with Crippen LogP contribution in [-0.2, 0) is 35.2 Å². The maximum Gasteiger partial charge on any atom is 0.408 e. The van der Waals surface area contributed by atoms with Crippen LogP contribution in [0.4, 0.5) is 4.79 Å². The van der Waals surface area contributed by atoms with Crippen LogP contribution in [0.1, 0.15) is 25.8 Å². The Morgan fingerprint density at radius 3 is 1.96 bits per heavy atom. The molecule has 142 valence electrons. The van der Waals surface area contributed by atoms with Crippen LogP contribution in [0.2, 0.25) is 0 Å². The fraction of sp³-hybridized carbons (Fsp3) is 0.412. The molecule has 0 saturated heterocycles. The minimum absolute atomic E-state index is 0.0838. The molecule has 1 rings (SSSR count). The molecule has 3 N–H and O–H groups in total. The summed E-state index contributed by atoms with van der Waals surface area (Å²) in [7, 11) is 0. The Labute approximate surface area is 150 Å². The van der Waals surface area contributed by atoms with Gasteiger partial charge in [-0.05, 0) is 19.4 Å². The molecule has 1 aromatic rings. The van der Waals surface area contributed by atoms with Crippen molar-refractivity contribution in [2.45, 2.75) is 32.4 Å². The van der Waals surface area contributed by atoms with Gasteiger partial charge < -0.3 is 19.9 Å². The van der Waals surface area contributed by atoms with Crippen LogP contribution >= 0.6 is 0 Å². The largest absolute Gasteiger partial charge is 0.464 e. The van der Waals surface area contributed by atoms with Gasteiger partial charge >= 0.3 is 18.0 Å². The van der Waals surface area contributed by atoms with Gasteiger partial charge in [-0.1, -0.05) is 30.3 Å². The van der Waals surface area contributed by atoms with Gasteiger partial charge in [0, 0.05) is 0 Å². The monoisotopic (exact) mass is 366 g/mol. The van der Waals surface area contributed by atoms with Gasteiger partial charge in [0.15, 0.2) is 0 Å². The topological polar surface area (TPSA) is 134 Å². The van der Waals surface area contributed by atoms with E-state index in [9.17, 15) is 19.2 Å². The Balaban J connectivity index is 3.00. The van der Waals surface area contributed by atoms with Gasteiger partial charge in [0.2, 0.25) is 11.4 Å². The van der Waals surface area contributed by atoms with Gasteiger partial charge in [0.25, 0.3) is 0 Å². The normalized spacial score (nSPS) is 10.5. The Hall–Kier alpha value is -3.10. The van der Waals surface area contributed by atoms with Crippen LogP contribution in [0.15, 0.2) is 30.3 Å². The number of ether oxygens (including phenoxy) is 3. The lowest BCUT2D eigenvalue weighted by molar-refractivity contribution is -0.167. The van der Waals surface area contributed by atoms with Crippen LogP contribution in [0, 0.1) is 0 Å². The predicted octanol–water partition coefficient (Wildman–Crippen LogP) is 0.653. The van der Waals surface area contributed by atoms with Crippen molar-refractivity contribution in [3.63, 3.8) is 0 Å². The smallest absolute Gasteiger partial charge is 0.408 e. The number of benzene rings is 1. The first-order valence-electron chi connectivity index (χ1n) is 7.97. The second kappa shape index (κ2) is 10.0. The zero-order valence-electron chi connectivity index (χ0n) is 14.7. The standard InChI is InChI=1S/C17H22N2O7/c1-3-24-14(21)17(10-13(18)20,15(22)25-4-2)19-16(23)26-11-12-8-6-5-7-9-12/h5-9H,3-4,10-11H2,1-2H3,(H2,18,20)(H,19,23). The number of carbonyl (C=O) groups excluding carboxylic acids is 4. The molecule has 2 amide bonds. The van der Waals surface area contributed by atoms with E-state index in [-0.39, 0.29) is 19.8 Å². The van der Waals surface area contributed by atoms with Crippen LogP contribution in [-0.4, -0.2) is 42.7 Å². The first kappa shape index (κ1) is 20.9. The van der Waals surface area contributed by atoms with E-state index in [0.29, 0.717) is 5.56 Å². The average molecular weight is 366 g/mol. The molecule has 0 fully saturated rings. The van der Waals surface area contributed by atoms with Gasteiger partial charge in [-0.2, -0.15) is 0 Å². The molecule has 0 aromatic heterocycles. The third kappa shape index (κ3) is 5.76. The van der Waals surface area contributed by atoms with Crippen molar-refractivity contribution in [3.05, 3.63) is 35.9 Å². The average Bonchev–Trinajstić information content (AvgIpc) is 2.60. The fourth-order valence-corrected chi connectivity index (χ4v) is 2.08. The number of amides is 2. The minimum atomic E-state index is -2.41. The molecule has 0 atom stereocenters. The van der Waals surface area contributed by atoms with Gasteiger partial charge in [-0.3, -0.25) is 10.1 Å². The van der Waals surface area contributed by atoms with E-state index >= 15 is 0 Å². The van der Waals surface area contributed by atoms with Crippen LogP contribution in [0.5, 0.6) is 0 Å². The van der Waals surface area contributed by atoms with Crippen LogP contribution < -0.4 is 11.1 Å². The molecule has 0 aliphatic rings. The summed E-state index contributed by atoms with van der Waals surface area (Å²) in [5, 5.41) is 2.09. The van der Waals surface area contributed by atoms with Gasteiger partial charge in [0.1, 0.15) is 6.61 Å². The SMILES string of the molecule is CCOC(=O)C(CC(N)=O)(NC(=O)OCc1ccccc1)C(=O)OCC. The van der Waals surface area contributed by atoms with Gasteiger partial charge in [-0.15, -0.1) is 0 Å². The molecule has 0 spiro atoms. The lowest BCUT2D eigenvalue weighted by Crippen LogP contribution is -2.63. The third-order valence-corrected chi connectivity index (χ3v) is 3.22. The van der Waals surface area contributed by atoms with Crippen molar-refractivity contribution in [1.29, 1.82) is 0 Å². The highest BCUT2D eigenvalue weighted by Gasteiger charge is 2.52. The molecule has 0 unspecified atom stereocenters. The molecule has 0 heterocycles. The molecule has 0 aliphatic heterocycles. The maximum absolute atomic E-state index is 12.3. The van der Waals surface area contributed by atoms with Crippen molar-refractivity contribution in [3.8, 4) is 0 Å². The number of hydrogen-bond acceptors (Lipinski definition) is 7. The highest BCUT2D eigenvalue weighted by atomic mass is 16.6. The molecular weight excluding hydrogens is 344 g/mol. The Morgan fingerprint density at radius 1 is 0.962 bits per heavy atom. The maximum atomic E-state index is 12.3. The van der Waals surface area contributed by atoms with E-state index in [4.69, 9.17) is 19.9 Å². The summed E-state index contributed by atoms with van der Waals surface area (Å²) in [6, 6.07) is 8.75. The van der Waals surface area contributed by atoms with E-state index in [2.05, 4.69) is 5.32 Å². The number of esters is 2. The van der Waals surface area contributed by atoms with Crippen molar-refractivity contribution < 1.29 is 33.4 Å². The molecule has 0 radical (unpaired) electrons. The van der Waals surface area contributed by atoms with Crippen LogP contribution in [0.25, 0.3) is 0 Å². The molecule has 0 bridgehead atoms. The second-order valence-corrected chi connectivity index (χ2v) is 5.18. The van der Waals surface area contributed by atoms with E-state index < -0.39 is 35.9 Å². The van der Waals surface area contributed by atoms with E-state index in [1.165, 1.54) is 13.8 Å². The molecular formula is C17H22N2O7. The number of alkyl carbamates (subject to hydrolysis) is 1. The second-order valence-electron chi connectivity index (χ2n) is 5.18. The number of primary amides is 1. The molecule has 0 saturated carbocycles. The van der Waals surface area contributed by atoms with Crippen LogP contribution in [0.3, 0.4) is 0 Å². The minimum Gasteiger partial charge on any atom is -0.464 e. The number of hydrogen-bond donors (Lipinski definition) is 2. The summed E-state index contributed by atoms with van der Waals surface area (Å²) in [5.41, 5.74) is 3.42. The van der Waals surface area contributed by atoms with E-state index in [1.54, 1.807) is 30.3 Å². The van der Waals surface area contributed by atoms with Gasteiger partial charge in [-0.25, -0.2) is 14.4 Å². The summed E-state index contributed by atoms with van der Waals surface area (Å²) in [6.45, 7) is 2.74. The summed E-state index contributed by atoms with van der Waals surface area (Å²) in [5.74, 6) is -3.32. The zero-order chi connectivity index (χ0) is 19.6. The van der Waals surface area contributed by atoms with Crippen molar-refractivity contribution >= 4 is 23.9 Å². The fourth-order valence-electron chi connectivity index (χ4n) is 2.08. The summed E-state index contributed by atoms with van der Waals surface area (Å²) in [4.78, 5) is 48.2. The van der Waals surface area contributed by atoms with E-state index in [0.717, 1.165) is 0 Å². The number of carbonyl (C=O) groups is 4. The lowest BCUT2D eigenvalue weighted by atomic mass is 9.95. The summed E-state index contributed by atoms with van der Waals surface area (Å²) < 4.78 is 14.6. The summed E-state index contributed by atoms with van der Waals surface area (Å²) in [6.07, 6.45) is -1.93.